The minimum atomic E-state index is -3.67. The van der Waals surface area contributed by atoms with Gasteiger partial charge in [0.2, 0.25) is 0 Å². The Labute approximate surface area is 110 Å². The van der Waals surface area contributed by atoms with Crippen LogP contribution in [0.15, 0.2) is 30.5 Å². The van der Waals surface area contributed by atoms with Gasteiger partial charge in [-0.1, -0.05) is 0 Å². The van der Waals surface area contributed by atoms with Gasteiger partial charge in [0.15, 0.2) is 0 Å². The van der Waals surface area contributed by atoms with Crippen molar-refractivity contribution in [1.29, 1.82) is 0 Å². The normalized spacial score (nSPS) is 9.31. The Kier molecular flexibility index (Phi) is 9.34. The van der Waals surface area contributed by atoms with Crippen LogP contribution >= 0.6 is 0 Å². The first-order valence-electron chi connectivity index (χ1n) is 3.76. The maximum atomic E-state index is 9.67. The first-order valence-corrected chi connectivity index (χ1v) is 5.57. The van der Waals surface area contributed by atoms with Gasteiger partial charge >= 0.3 is 98.6 Å². The van der Waals surface area contributed by atoms with Crippen LogP contribution in [-0.2, 0) is 0 Å². The number of halogens is 3. The summed E-state index contributed by atoms with van der Waals surface area (Å²) >= 11 is 0.836. The van der Waals surface area contributed by atoms with E-state index in [1.54, 1.807) is 0 Å². The van der Waals surface area contributed by atoms with Crippen LogP contribution < -0.4 is 0 Å². The summed E-state index contributed by atoms with van der Waals surface area (Å²) in [6, 6.07) is 10.4. The summed E-state index contributed by atoms with van der Waals surface area (Å²) in [6.07, 6.45) is 2.17. The molecule has 0 unspecified atom stereocenters. The number of hydrogen-bond acceptors (Lipinski definition) is 0. The number of rotatable bonds is 1. The molecule has 0 spiro atoms. The maximum absolute atomic E-state index is 9.67. The standard InChI is InChI=1S/C8H7.BF3.K/c1-2-8-6-4-3-5-7-8;2-1(3)4;/h1-7H;;. The molecule has 0 aromatic heterocycles. The van der Waals surface area contributed by atoms with E-state index in [4.69, 9.17) is 0 Å². The molecule has 0 saturated carbocycles. The molecule has 0 amide bonds. The molecule has 13 heavy (non-hydrogen) atoms. The van der Waals surface area contributed by atoms with Gasteiger partial charge in [0, 0.05) is 0 Å². The fourth-order valence-corrected chi connectivity index (χ4v) is 1.36. The van der Waals surface area contributed by atoms with Crippen LogP contribution in [0.4, 0.5) is 12.9 Å². The fraction of sp³-hybridized carbons (Fsp3) is 0. The molecule has 0 nitrogen and oxygen atoms in total. The van der Waals surface area contributed by atoms with Gasteiger partial charge in [-0.3, -0.25) is 12.9 Å². The van der Waals surface area contributed by atoms with E-state index in [0.29, 0.717) is 0 Å². The van der Waals surface area contributed by atoms with Gasteiger partial charge < -0.3 is 0 Å². The van der Waals surface area contributed by atoms with Gasteiger partial charge in [0.25, 0.3) is 0 Å². The molecule has 0 atom stereocenters. The van der Waals surface area contributed by atoms with E-state index in [0.717, 1.165) is 49.0 Å². The Morgan fingerprint density at radius 1 is 1.08 bits per heavy atom. The second kappa shape index (κ2) is 9.02. The zero-order chi connectivity index (χ0) is 10.1. The monoisotopic (exact) mass is 210 g/mol. The molecule has 1 aromatic carbocycles. The summed E-state index contributed by atoms with van der Waals surface area (Å²) < 4.78 is 31.2. The Morgan fingerprint density at radius 3 is 1.92 bits per heavy atom. The molecule has 0 N–H and O–H groups in total. The molecule has 0 aliphatic rings. The van der Waals surface area contributed by atoms with Crippen molar-refractivity contribution in [3.63, 3.8) is 0 Å². The summed E-state index contributed by atoms with van der Waals surface area (Å²) in [7, 11) is -3.67. The summed E-state index contributed by atoms with van der Waals surface area (Å²) in [4.78, 5) is 0. The Hall–Kier alpha value is 0.451. The van der Waals surface area contributed by atoms with E-state index in [1.165, 1.54) is 5.56 Å². The Bertz CT molecular complexity index is 236. The van der Waals surface area contributed by atoms with E-state index in [2.05, 4.69) is 30.5 Å². The van der Waals surface area contributed by atoms with Crippen LogP contribution in [0.25, 0.3) is 6.08 Å². The van der Waals surface area contributed by atoms with Crippen molar-refractivity contribution >= 4 is 62.6 Å². The molecule has 0 saturated heterocycles. The van der Waals surface area contributed by atoms with Crippen molar-refractivity contribution in [3.05, 3.63) is 36.1 Å². The van der Waals surface area contributed by atoms with Crippen molar-refractivity contribution < 1.29 is 12.9 Å². The molecule has 1 aromatic rings. The topological polar surface area (TPSA) is 0 Å². The van der Waals surface area contributed by atoms with Gasteiger partial charge in [-0.25, -0.2) is 0 Å². The third-order valence-electron chi connectivity index (χ3n) is 1.16. The van der Waals surface area contributed by atoms with Crippen LogP contribution in [0, 0.1) is 0 Å². The number of hydrogen-bond donors (Lipinski definition) is 0. The van der Waals surface area contributed by atoms with Gasteiger partial charge in [-0.2, -0.15) is 0 Å². The zero-order valence-electron chi connectivity index (χ0n) is 7.25. The molecule has 0 radical (unpaired) electrons. The summed E-state index contributed by atoms with van der Waals surface area (Å²) in [5.74, 6) is 0. The van der Waals surface area contributed by atoms with Gasteiger partial charge in [-0.05, 0) is 0 Å². The minimum absolute atomic E-state index is 0.836. The van der Waals surface area contributed by atoms with Crippen molar-refractivity contribution in [3.8, 4) is 0 Å². The molecule has 0 fully saturated rings. The van der Waals surface area contributed by atoms with Crippen molar-refractivity contribution in [2.45, 2.75) is 0 Å². The zero-order valence-corrected chi connectivity index (χ0v) is 10.4. The van der Waals surface area contributed by atoms with Crippen LogP contribution in [0.1, 0.15) is 5.56 Å². The number of benzene rings is 1. The van der Waals surface area contributed by atoms with Crippen molar-refractivity contribution in [1.82, 2.24) is 0 Å². The third kappa shape index (κ3) is 10.4. The Morgan fingerprint density at radius 2 is 1.54 bits per heavy atom. The molecule has 0 heterocycles. The first kappa shape index (κ1) is 13.5. The average Bonchev–Trinajstić information content (AvgIpc) is 2.06. The molecule has 1 rings (SSSR count). The molecule has 0 aliphatic heterocycles. The summed E-state index contributed by atoms with van der Waals surface area (Å²) in [5, 5.41) is 0. The molecule has 64 valence electrons. The van der Waals surface area contributed by atoms with Gasteiger partial charge in [0.1, 0.15) is 0 Å². The molecular weight excluding hydrogens is 203 g/mol. The Balaban J connectivity index is 0.000000310. The third-order valence-corrected chi connectivity index (χ3v) is 1.68. The van der Waals surface area contributed by atoms with Crippen LogP contribution in [0.5, 0.6) is 0 Å². The molecule has 0 bridgehead atoms. The van der Waals surface area contributed by atoms with E-state index in [1.807, 2.05) is 6.07 Å². The van der Waals surface area contributed by atoms with Gasteiger partial charge in [-0.15, -0.1) is 0 Å². The molecule has 0 aliphatic carbocycles. The SMILES string of the molecule is FB(F)F.[K][CH]=Cc1ccccc1. The van der Waals surface area contributed by atoms with Crippen LogP contribution in [0.3, 0.4) is 0 Å². The van der Waals surface area contributed by atoms with Crippen LogP contribution in [0.2, 0.25) is 0 Å². The summed E-state index contributed by atoms with van der Waals surface area (Å²) in [6.45, 7) is 0. The molecular formula is C8H7BF3K. The summed E-state index contributed by atoms with van der Waals surface area (Å²) in [5.41, 5.74) is 1.31. The average molecular weight is 210 g/mol. The van der Waals surface area contributed by atoms with Crippen molar-refractivity contribution in [2.24, 2.45) is 0 Å². The van der Waals surface area contributed by atoms with Gasteiger partial charge in [0.05, 0.1) is 0 Å². The first-order chi connectivity index (χ1) is 6.16. The predicted molar refractivity (Wildman–Crippen MR) is 50.3 cm³/mol. The second-order valence-corrected chi connectivity index (χ2v) is 3.20. The van der Waals surface area contributed by atoms with E-state index < -0.39 is 7.54 Å². The fourth-order valence-electron chi connectivity index (χ4n) is 0.757. The van der Waals surface area contributed by atoms with Crippen molar-refractivity contribution in [2.75, 3.05) is 0 Å². The van der Waals surface area contributed by atoms with E-state index in [9.17, 15) is 12.9 Å². The second-order valence-electron chi connectivity index (χ2n) is 2.16. The quantitative estimate of drug-likeness (QED) is 0.625. The van der Waals surface area contributed by atoms with E-state index in [-0.39, 0.29) is 0 Å². The van der Waals surface area contributed by atoms with Crippen LogP contribution in [-0.4, -0.2) is 56.5 Å². The molecule has 5 heteroatoms. The van der Waals surface area contributed by atoms with E-state index >= 15 is 0 Å². The predicted octanol–water partition coefficient (Wildman–Crippen LogP) is 2.71.